The van der Waals surface area contributed by atoms with Gasteiger partial charge >= 0.3 is 0 Å². The van der Waals surface area contributed by atoms with E-state index in [4.69, 9.17) is 19.8 Å². The lowest BCUT2D eigenvalue weighted by Gasteiger charge is -2.31. The predicted molar refractivity (Wildman–Crippen MR) is 77.0 cm³/mol. The molecule has 1 saturated heterocycles. The third kappa shape index (κ3) is 3.78. The van der Waals surface area contributed by atoms with E-state index in [0.29, 0.717) is 19.7 Å². The van der Waals surface area contributed by atoms with E-state index in [-0.39, 0.29) is 28.4 Å². The van der Waals surface area contributed by atoms with Crippen molar-refractivity contribution in [2.75, 3.05) is 19.7 Å². The molecule has 118 valence electrons. The number of hydrogen-bond acceptors (Lipinski definition) is 5. The molecule has 1 aromatic rings. The zero-order valence-corrected chi connectivity index (χ0v) is 13.5. The minimum atomic E-state index is -3.91. The summed E-state index contributed by atoms with van der Waals surface area (Å²) >= 11 is 0. The number of rotatable bonds is 4. The molecule has 1 amide bonds. The Hall–Kier alpha value is -1.05. The first-order chi connectivity index (χ1) is 9.82. The van der Waals surface area contributed by atoms with Crippen molar-refractivity contribution in [1.82, 2.24) is 4.90 Å². The number of piperidine rings is 1. The SMILES string of the molecule is CCOC1CCN(C(=O)c2cc(S(=O)(=O)Cl)c(C)o2)CC1. The minimum Gasteiger partial charge on any atom is -0.455 e. The number of amides is 1. The summed E-state index contributed by atoms with van der Waals surface area (Å²) in [7, 11) is 1.39. The molecule has 21 heavy (non-hydrogen) atoms. The number of furan rings is 1. The van der Waals surface area contributed by atoms with E-state index in [1.165, 1.54) is 13.0 Å². The Morgan fingerprint density at radius 1 is 1.48 bits per heavy atom. The van der Waals surface area contributed by atoms with Gasteiger partial charge in [0.25, 0.3) is 15.0 Å². The van der Waals surface area contributed by atoms with Gasteiger partial charge in [0.1, 0.15) is 10.7 Å². The molecule has 0 atom stereocenters. The molecule has 1 aromatic heterocycles. The van der Waals surface area contributed by atoms with Gasteiger partial charge in [-0.25, -0.2) is 8.42 Å². The molecule has 0 aromatic carbocycles. The van der Waals surface area contributed by atoms with Crippen LogP contribution in [-0.2, 0) is 13.8 Å². The van der Waals surface area contributed by atoms with Crippen molar-refractivity contribution < 1.29 is 22.4 Å². The summed E-state index contributed by atoms with van der Waals surface area (Å²) in [6.45, 7) is 5.19. The Bertz CT molecular complexity index is 617. The van der Waals surface area contributed by atoms with Gasteiger partial charge in [0.15, 0.2) is 5.76 Å². The predicted octanol–water partition coefficient (Wildman–Crippen LogP) is 2.16. The zero-order chi connectivity index (χ0) is 15.6. The van der Waals surface area contributed by atoms with Gasteiger partial charge in [0, 0.05) is 36.4 Å². The molecule has 0 spiro atoms. The van der Waals surface area contributed by atoms with Crippen LogP contribution in [0.1, 0.15) is 36.1 Å². The first-order valence-corrected chi connectivity index (χ1v) is 9.09. The largest absolute Gasteiger partial charge is 0.455 e. The number of nitrogens with zero attached hydrogens (tertiary/aromatic N) is 1. The molecular weight excluding hydrogens is 318 g/mol. The van der Waals surface area contributed by atoms with Crippen LogP contribution in [0.5, 0.6) is 0 Å². The fraction of sp³-hybridized carbons (Fsp3) is 0.615. The highest BCUT2D eigenvalue weighted by atomic mass is 35.7. The molecule has 0 saturated carbocycles. The Labute approximate surface area is 128 Å². The third-order valence-corrected chi connectivity index (χ3v) is 4.91. The van der Waals surface area contributed by atoms with Gasteiger partial charge in [-0.3, -0.25) is 4.79 Å². The Balaban J connectivity index is 2.08. The molecule has 2 heterocycles. The van der Waals surface area contributed by atoms with Crippen molar-refractivity contribution in [3.63, 3.8) is 0 Å². The number of likely N-dealkylation sites (tertiary alicyclic amines) is 1. The lowest BCUT2D eigenvalue weighted by atomic mass is 10.1. The fourth-order valence-corrected chi connectivity index (χ4v) is 3.52. The molecule has 2 rings (SSSR count). The normalized spacial score (nSPS) is 17.2. The molecule has 0 aliphatic carbocycles. The Morgan fingerprint density at radius 3 is 2.57 bits per heavy atom. The van der Waals surface area contributed by atoms with E-state index in [0.717, 1.165) is 12.8 Å². The first-order valence-electron chi connectivity index (χ1n) is 6.79. The standard InChI is InChI=1S/C13H18ClNO5S/c1-3-19-10-4-6-15(7-5-10)13(16)11-8-12(9(2)20-11)21(14,17)18/h8,10H,3-7H2,1-2H3. The van der Waals surface area contributed by atoms with Gasteiger partial charge in [-0.1, -0.05) is 0 Å². The number of carbonyl (C=O) groups excluding carboxylic acids is 1. The van der Waals surface area contributed by atoms with E-state index < -0.39 is 9.05 Å². The van der Waals surface area contributed by atoms with Crippen molar-refractivity contribution in [2.45, 2.75) is 37.7 Å². The van der Waals surface area contributed by atoms with Gasteiger partial charge < -0.3 is 14.1 Å². The average molecular weight is 336 g/mol. The molecule has 1 fully saturated rings. The van der Waals surface area contributed by atoms with Crippen molar-refractivity contribution >= 4 is 25.6 Å². The van der Waals surface area contributed by atoms with E-state index >= 15 is 0 Å². The number of halogens is 1. The zero-order valence-electron chi connectivity index (χ0n) is 12.0. The maximum absolute atomic E-state index is 12.3. The van der Waals surface area contributed by atoms with Gasteiger partial charge in [-0.05, 0) is 26.7 Å². The van der Waals surface area contributed by atoms with E-state index in [9.17, 15) is 13.2 Å². The monoisotopic (exact) mass is 335 g/mol. The van der Waals surface area contributed by atoms with Crippen LogP contribution in [-0.4, -0.2) is 45.0 Å². The van der Waals surface area contributed by atoms with Crippen molar-refractivity contribution in [3.05, 3.63) is 17.6 Å². The summed E-state index contributed by atoms with van der Waals surface area (Å²) in [6.07, 6.45) is 1.70. The van der Waals surface area contributed by atoms with Crippen molar-refractivity contribution in [1.29, 1.82) is 0 Å². The Kier molecular flexibility index (Phi) is 4.95. The van der Waals surface area contributed by atoms with Crippen molar-refractivity contribution in [3.8, 4) is 0 Å². The maximum Gasteiger partial charge on any atom is 0.289 e. The number of ether oxygens (including phenoxy) is 1. The topological polar surface area (TPSA) is 76.8 Å². The fourth-order valence-electron chi connectivity index (χ4n) is 2.43. The summed E-state index contributed by atoms with van der Waals surface area (Å²) in [4.78, 5) is 13.8. The van der Waals surface area contributed by atoms with Gasteiger partial charge in [0.2, 0.25) is 0 Å². The highest BCUT2D eigenvalue weighted by Crippen LogP contribution is 2.25. The second kappa shape index (κ2) is 6.37. The third-order valence-electron chi connectivity index (χ3n) is 3.48. The second-order valence-corrected chi connectivity index (χ2v) is 7.45. The summed E-state index contributed by atoms with van der Waals surface area (Å²) in [6, 6.07) is 1.19. The number of hydrogen-bond donors (Lipinski definition) is 0. The molecule has 1 aliphatic heterocycles. The van der Waals surface area contributed by atoms with E-state index in [1.54, 1.807) is 4.90 Å². The van der Waals surface area contributed by atoms with Crippen LogP contribution >= 0.6 is 10.7 Å². The molecule has 0 N–H and O–H groups in total. The van der Waals surface area contributed by atoms with E-state index in [2.05, 4.69) is 0 Å². The maximum atomic E-state index is 12.3. The molecule has 0 unspecified atom stereocenters. The molecule has 0 radical (unpaired) electrons. The molecule has 1 aliphatic rings. The summed E-state index contributed by atoms with van der Waals surface area (Å²) in [5.41, 5.74) is 0. The smallest absolute Gasteiger partial charge is 0.289 e. The van der Waals surface area contributed by atoms with Crippen LogP contribution in [0.15, 0.2) is 15.4 Å². The lowest BCUT2D eigenvalue weighted by molar-refractivity contribution is 0.0136. The van der Waals surface area contributed by atoms with Crippen LogP contribution in [0.25, 0.3) is 0 Å². The van der Waals surface area contributed by atoms with Crippen LogP contribution in [0, 0.1) is 6.92 Å². The molecule has 0 bridgehead atoms. The summed E-state index contributed by atoms with van der Waals surface area (Å²) in [5, 5.41) is 0. The molecular formula is C13H18ClNO5S. The minimum absolute atomic E-state index is 0.00147. The number of carbonyl (C=O) groups is 1. The molecule has 6 nitrogen and oxygen atoms in total. The summed E-state index contributed by atoms with van der Waals surface area (Å²) in [5.74, 6) is -0.196. The second-order valence-electron chi connectivity index (χ2n) is 4.92. The summed E-state index contributed by atoms with van der Waals surface area (Å²) < 4.78 is 33.5. The van der Waals surface area contributed by atoms with Crippen LogP contribution in [0.2, 0.25) is 0 Å². The van der Waals surface area contributed by atoms with Crippen LogP contribution < -0.4 is 0 Å². The van der Waals surface area contributed by atoms with Crippen molar-refractivity contribution in [2.24, 2.45) is 0 Å². The quantitative estimate of drug-likeness (QED) is 0.788. The van der Waals surface area contributed by atoms with Crippen LogP contribution in [0.4, 0.5) is 0 Å². The lowest BCUT2D eigenvalue weighted by Crippen LogP contribution is -2.40. The Morgan fingerprint density at radius 2 is 2.10 bits per heavy atom. The highest BCUT2D eigenvalue weighted by Gasteiger charge is 2.28. The van der Waals surface area contributed by atoms with E-state index in [1.807, 2.05) is 6.92 Å². The van der Waals surface area contributed by atoms with Crippen LogP contribution in [0.3, 0.4) is 0 Å². The first kappa shape index (κ1) is 16.3. The number of aryl methyl sites for hydroxylation is 1. The molecule has 8 heteroatoms. The van der Waals surface area contributed by atoms with Gasteiger partial charge in [-0.2, -0.15) is 0 Å². The average Bonchev–Trinajstić information content (AvgIpc) is 2.81. The van der Waals surface area contributed by atoms with Gasteiger partial charge in [-0.15, -0.1) is 0 Å². The highest BCUT2D eigenvalue weighted by molar-refractivity contribution is 8.13. The van der Waals surface area contributed by atoms with Gasteiger partial charge in [0.05, 0.1) is 6.10 Å².